The minimum atomic E-state index is -0.474. The summed E-state index contributed by atoms with van der Waals surface area (Å²) < 4.78 is 15.6. The first kappa shape index (κ1) is 94.9. The lowest BCUT2D eigenvalue weighted by Gasteiger charge is -2.35. The molecule has 15 aromatic heterocycles. The van der Waals surface area contributed by atoms with Gasteiger partial charge in [0.25, 0.3) is 0 Å². The van der Waals surface area contributed by atoms with Crippen LogP contribution >= 0.6 is 79.6 Å². The smallest absolute Gasteiger partial charge is 0.185 e. The van der Waals surface area contributed by atoms with Crippen LogP contribution in [0.4, 0.5) is 58.2 Å². The molecular weight excluding hydrogens is 1980 g/mol. The quantitative estimate of drug-likeness (QED) is 0.0147. The first-order valence-electron chi connectivity index (χ1n) is 41.6. The summed E-state index contributed by atoms with van der Waals surface area (Å²) in [4.78, 5) is 31.6. The summed E-state index contributed by atoms with van der Waals surface area (Å²) in [6.45, 7) is 16.5. The van der Waals surface area contributed by atoms with Crippen molar-refractivity contribution in [2.75, 3.05) is 98.5 Å². The molecule has 0 aromatic carbocycles. The van der Waals surface area contributed by atoms with Crippen molar-refractivity contribution in [1.29, 1.82) is 0 Å². The molecule has 0 amide bonds. The van der Waals surface area contributed by atoms with Gasteiger partial charge in [-0.3, -0.25) is 4.98 Å². The fraction of sp³-hybridized carbons (Fsp3) is 0.353. The van der Waals surface area contributed by atoms with Gasteiger partial charge in [0, 0.05) is 135 Å². The standard InChI is InChI=1S/C18H21BrN6O2.C17H19BrN6O2.2C17H21BrN6O2.C16H19BrN6O/c19-15-10-21-25-16(20-9-13-4-3-6-23(27)11-13)8-17(22-18(15)25)24-7-2-1-5-14(24)12-26;18-14-9-20-24-15(19-8-12-3-1-5-22(26)10-12)7-16(21-17(14)24)23-6-2-4-13(23)11-25;2*1-11(2)14(10-25)21-15-6-16(24-17(22-15)13(18)8-20-24)19-7-12-4-3-5-23(26)9-12;1-16(2,10-24)22-13-6-14(19-8-11-4-3-5-18-7-11)23-15(21-13)12(17)9-20-23/h3-4,6,8,10-11,14,20,26H,1-2,5,7,9,12H2;1,3,5,7,9-10,13,19,25H,2,4,6,8,11H2;2*3-6,8-9,11,14,19,25H,7,10H2,1-2H3,(H,21,22);3-7,9,19,24H,8,10H2,1-2H3,(H,21,22)/t;13-;2*14-;/m.010./s1. The highest BCUT2D eigenvalue weighted by atomic mass is 79.9. The van der Waals surface area contributed by atoms with Crippen molar-refractivity contribution < 1.29 is 44.5 Å². The number of pyridine rings is 5. The molecule has 39 nitrogen and oxygen atoms in total. The maximum Gasteiger partial charge on any atom is 0.185 e. The van der Waals surface area contributed by atoms with Crippen molar-refractivity contribution in [3.8, 4) is 0 Å². The second-order valence-corrected chi connectivity index (χ2v) is 36.1. The molecule has 2 aliphatic rings. The zero-order valence-corrected chi connectivity index (χ0v) is 79.3. The molecule has 0 bridgehead atoms. The fourth-order valence-corrected chi connectivity index (χ4v) is 15.9. The number of rotatable bonds is 30. The van der Waals surface area contributed by atoms with Gasteiger partial charge in [-0.15, -0.1) is 0 Å². The van der Waals surface area contributed by atoms with Crippen LogP contribution in [0.5, 0.6) is 0 Å². The van der Waals surface area contributed by atoms with E-state index in [1.54, 1.807) is 84.0 Å². The van der Waals surface area contributed by atoms with E-state index in [0.29, 0.717) is 78.4 Å². The number of hydrogen-bond donors (Lipinski definition) is 13. The van der Waals surface area contributed by atoms with Gasteiger partial charge in [0.15, 0.2) is 77.8 Å². The molecule has 4 atom stereocenters. The Morgan fingerprint density at radius 2 is 0.729 bits per heavy atom. The molecular formula is C85H101Br5N30O9. The lowest BCUT2D eigenvalue weighted by Crippen LogP contribution is -2.42. The first-order chi connectivity index (χ1) is 62.2. The SMILES string of the molecule is CC(C)(CO)Nc1cc(NCc2cccnc2)n2ncc(Br)c2n1.CC(C)[C@@H](CO)Nc1cc(NCc2ccc[n+]([O-])c2)n2ncc(Br)c2n1.CC(C)[C@H](CO)Nc1cc(NCc2ccc[n+]([O-])c2)n2ncc(Br)c2n1.[O-][n+]1cccc(CNc2cc(N3CCCCC3CO)nc3c(Br)cnn23)c1.[O-][n+]1cccc(CNc2cc(N3CCC[C@H]3CO)nc3c(Br)cnn23)c1. The van der Waals surface area contributed by atoms with E-state index < -0.39 is 5.54 Å². The van der Waals surface area contributed by atoms with Gasteiger partial charge in [-0.2, -0.15) is 67.0 Å². The van der Waals surface area contributed by atoms with Crippen LogP contribution in [0.3, 0.4) is 0 Å². The normalized spacial score (nSPS) is 14.3. The predicted molar refractivity (Wildman–Crippen MR) is 509 cm³/mol. The summed E-state index contributed by atoms with van der Waals surface area (Å²) in [6, 6.07) is 27.7. The molecule has 0 saturated carbocycles. The lowest BCUT2D eigenvalue weighted by atomic mass is 10.0. The molecule has 129 heavy (non-hydrogen) atoms. The van der Waals surface area contributed by atoms with Gasteiger partial charge in [-0.25, -0.2) is 24.9 Å². The minimum absolute atomic E-state index is 0.00125. The zero-order chi connectivity index (χ0) is 91.4. The number of nitrogens with one attached hydrogen (secondary N) is 8. The van der Waals surface area contributed by atoms with Crippen molar-refractivity contribution >= 4 is 166 Å². The Morgan fingerprint density at radius 3 is 1.05 bits per heavy atom. The van der Waals surface area contributed by atoms with Crippen molar-refractivity contribution in [1.82, 2.24) is 78.0 Å². The van der Waals surface area contributed by atoms with Gasteiger partial charge in [0.1, 0.15) is 58.2 Å². The zero-order valence-electron chi connectivity index (χ0n) is 71.4. The summed E-state index contributed by atoms with van der Waals surface area (Å²) >= 11 is 17.4. The summed E-state index contributed by atoms with van der Waals surface area (Å²) in [5.41, 5.74) is 7.47. The fourth-order valence-electron chi connectivity index (χ4n) is 14.1. The number of nitrogens with zero attached hydrogens (tertiary/aromatic N) is 22. The summed E-state index contributed by atoms with van der Waals surface area (Å²) in [5.74, 6) is 7.88. The molecule has 17 rings (SSSR count). The highest BCUT2D eigenvalue weighted by Crippen LogP contribution is 2.34. The minimum Gasteiger partial charge on any atom is -0.619 e. The van der Waals surface area contributed by atoms with Crippen LogP contribution < -0.4 is 71.3 Å². The third kappa shape index (κ3) is 24.8. The maximum atomic E-state index is 11.5. The van der Waals surface area contributed by atoms with Gasteiger partial charge in [-0.05, 0) is 173 Å². The maximum absolute atomic E-state index is 11.5. The number of halogens is 5. The molecule has 15 aromatic rings. The van der Waals surface area contributed by atoms with Crippen LogP contribution in [-0.2, 0) is 32.7 Å². The Hall–Kier alpha value is -11.8. The molecule has 13 N–H and O–H groups in total. The highest BCUT2D eigenvalue weighted by Gasteiger charge is 2.29. The number of anilines is 10. The van der Waals surface area contributed by atoms with E-state index in [0.717, 1.165) is 155 Å². The largest absolute Gasteiger partial charge is 0.619 e. The van der Waals surface area contributed by atoms with Crippen molar-refractivity contribution in [3.05, 3.63) is 255 Å². The van der Waals surface area contributed by atoms with Gasteiger partial charge in [0.2, 0.25) is 0 Å². The van der Waals surface area contributed by atoms with E-state index in [1.807, 2.05) is 114 Å². The molecule has 44 heteroatoms. The van der Waals surface area contributed by atoms with E-state index in [9.17, 15) is 46.4 Å². The van der Waals surface area contributed by atoms with Gasteiger partial charge >= 0.3 is 0 Å². The van der Waals surface area contributed by atoms with Crippen LogP contribution in [0.15, 0.2) is 206 Å². The number of aliphatic hydroxyl groups is 5. The monoisotopic (exact) mass is 2080 g/mol. The van der Waals surface area contributed by atoms with E-state index in [4.69, 9.17) is 9.97 Å². The molecule has 2 aliphatic heterocycles. The van der Waals surface area contributed by atoms with Crippen LogP contribution in [0, 0.1) is 32.7 Å². The number of hydrogen-bond acceptors (Lipinski definition) is 30. The van der Waals surface area contributed by atoms with Gasteiger partial charge < -0.3 is 98.7 Å². The topological polar surface area (TPSA) is 475 Å². The summed E-state index contributed by atoms with van der Waals surface area (Å²) in [6.07, 6.45) is 29.1. The highest BCUT2D eigenvalue weighted by molar-refractivity contribution is 9.11. The van der Waals surface area contributed by atoms with Gasteiger partial charge in [0.05, 0.1) is 116 Å². The van der Waals surface area contributed by atoms with Crippen LogP contribution in [0.1, 0.15) is 101 Å². The third-order valence-electron chi connectivity index (χ3n) is 21.1. The Bertz CT molecular complexity index is 6080. The number of fused-ring (bicyclic) bond motifs is 5. The Labute approximate surface area is 784 Å². The second kappa shape index (κ2) is 44.5. The molecule has 1 unspecified atom stereocenters. The average molecular weight is 2090 g/mol. The summed E-state index contributed by atoms with van der Waals surface area (Å²) in [5, 5.41) is 142. The van der Waals surface area contributed by atoms with Crippen LogP contribution in [-0.4, -0.2) is 179 Å². The molecule has 17 heterocycles. The van der Waals surface area contributed by atoms with Crippen LogP contribution in [0.2, 0.25) is 0 Å². The predicted octanol–water partition coefficient (Wildman–Crippen LogP) is 10.8. The average Bonchev–Trinajstić information content (AvgIpc) is 1.73. The third-order valence-corrected chi connectivity index (χ3v) is 23.9. The Morgan fingerprint density at radius 1 is 0.411 bits per heavy atom. The molecule has 0 spiro atoms. The van der Waals surface area contributed by atoms with Crippen molar-refractivity contribution in [2.45, 2.75) is 136 Å². The van der Waals surface area contributed by atoms with E-state index >= 15 is 0 Å². The van der Waals surface area contributed by atoms with Crippen molar-refractivity contribution in [3.63, 3.8) is 0 Å². The first-order valence-corrected chi connectivity index (χ1v) is 45.6. The van der Waals surface area contributed by atoms with Crippen molar-refractivity contribution in [2.24, 2.45) is 11.8 Å². The number of piperidine rings is 1. The van der Waals surface area contributed by atoms with E-state index in [-0.39, 0.29) is 69.0 Å². The second-order valence-electron chi connectivity index (χ2n) is 31.9. The van der Waals surface area contributed by atoms with Crippen LogP contribution in [0.25, 0.3) is 28.2 Å². The van der Waals surface area contributed by atoms with E-state index in [2.05, 4.69) is 177 Å². The van der Waals surface area contributed by atoms with E-state index in [1.165, 1.54) is 49.6 Å². The molecule has 2 saturated heterocycles. The Balaban J connectivity index is 0.000000138. The number of aromatic nitrogens is 20. The molecule has 0 radical (unpaired) electrons. The number of aliphatic hydroxyl groups excluding tert-OH is 5. The molecule has 680 valence electrons. The lowest BCUT2D eigenvalue weighted by molar-refractivity contribution is -0.606. The summed E-state index contributed by atoms with van der Waals surface area (Å²) in [7, 11) is 0. The molecule has 0 aliphatic carbocycles. The van der Waals surface area contributed by atoms with Gasteiger partial charge in [-0.1, -0.05) is 33.8 Å². The Kier molecular flexibility index (Phi) is 32.7. The molecule has 2 fully saturated rings.